The molecule has 1 amide bonds. The number of nitrogens with zero attached hydrogens (tertiary/aromatic N) is 1. The average Bonchev–Trinajstić information content (AvgIpc) is 2.68. The third kappa shape index (κ3) is 4.37. The monoisotopic (exact) mass is 398 g/mol. The van der Waals surface area contributed by atoms with Crippen molar-refractivity contribution in [1.82, 2.24) is 5.43 Å². The van der Waals surface area contributed by atoms with Crippen LogP contribution in [0.3, 0.4) is 0 Å². The maximum Gasteiger partial charge on any atom is 0.281 e. The third-order valence-electron chi connectivity index (χ3n) is 3.98. The van der Waals surface area contributed by atoms with Gasteiger partial charge in [-0.25, -0.2) is 5.43 Å². The zero-order valence-electron chi connectivity index (χ0n) is 14.1. The zero-order valence-corrected chi connectivity index (χ0v) is 15.7. The van der Waals surface area contributed by atoms with Gasteiger partial charge in [-0.05, 0) is 34.9 Å². The fraction of sp³-hybridized carbons (Fsp3) is 0.0476. The first-order valence-electron chi connectivity index (χ1n) is 8.13. The minimum absolute atomic E-state index is 0.440. The molecule has 6 heteroatoms. The number of hydrogen-bond acceptors (Lipinski definition) is 3. The third-order valence-corrected chi connectivity index (χ3v) is 4.41. The Balaban J connectivity index is 1.89. The molecule has 0 atom stereocenters. The molecule has 136 valence electrons. The Morgan fingerprint density at radius 3 is 1.85 bits per heavy atom. The van der Waals surface area contributed by atoms with Crippen LogP contribution in [0.4, 0.5) is 0 Å². The molecule has 0 bridgehead atoms. The topological polar surface area (TPSA) is 61.7 Å². The first-order chi connectivity index (χ1) is 13.0. The summed E-state index contributed by atoms with van der Waals surface area (Å²) in [6.07, 6.45) is 1.41. The van der Waals surface area contributed by atoms with E-state index in [-0.39, 0.29) is 0 Å². The number of amides is 1. The molecule has 0 saturated carbocycles. The molecular formula is C21H16Cl2N2O2. The summed E-state index contributed by atoms with van der Waals surface area (Å²) in [5.74, 6) is -0.677. The summed E-state index contributed by atoms with van der Waals surface area (Å²) < 4.78 is 0. The minimum atomic E-state index is -1.88. The molecular weight excluding hydrogens is 383 g/mol. The summed E-state index contributed by atoms with van der Waals surface area (Å²) >= 11 is 11.9. The van der Waals surface area contributed by atoms with Gasteiger partial charge >= 0.3 is 0 Å². The van der Waals surface area contributed by atoms with Crippen molar-refractivity contribution in [2.45, 2.75) is 5.60 Å². The predicted molar refractivity (Wildman–Crippen MR) is 108 cm³/mol. The smallest absolute Gasteiger partial charge is 0.281 e. The highest BCUT2D eigenvalue weighted by atomic mass is 35.5. The van der Waals surface area contributed by atoms with E-state index in [9.17, 15) is 9.90 Å². The van der Waals surface area contributed by atoms with Gasteiger partial charge in [-0.3, -0.25) is 4.79 Å². The van der Waals surface area contributed by atoms with E-state index in [2.05, 4.69) is 10.5 Å². The molecule has 2 N–H and O–H groups in total. The Labute approximate surface area is 167 Å². The van der Waals surface area contributed by atoms with Gasteiger partial charge < -0.3 is 5.11 Å². The molecule has 0 fully saturated rings. The number of carbonyl (C=O) groups is 1. The number of rotatable bonds is 5. The Morgan fingerprint density at radius 2 is 1.37 bits per heavy atom. The van der Waals surface area contributed by atoms with Crippen LogP contribution in [-0.4, -0.2) is 17.2 Å². The van der Waals surface area contributed by atoms with Gasteiger partial charge in [0.1, 0.15) is 0 Å². The zero-order chi connectivity index (χ0) is 19.3. The number of carbonyl (C=O) groups excluding carboxylic acids is 1. The molecule has 3 aromatic rings. The highest BCUT2D eigenvalue weighted by Crippen LogP contribution is 2.29. The van der Waals surface area contributed by atoms with Gasteiger partial charge in [0.15, 0.2) is 5.60 Å². The van der Waals surface area contributed by atoms with Crippen molar-refractivity contribution in [3.05, 3.63) is 106 Å². The van der Waals surface area contributed by atoms with Gasteiger partial charge in [0.25, 0.3) is 5.91 Å². The number of hydrogen-bond donors (Lipinski definition) is 2. The summed E-state index contributed by atoms with van der Waals surface area (Å²) in [4.78, 5) is 12.9. The second kappa shape index (κ2) is 8.35. The van der Waals surface area contributed by atoms with E-state index in [1.165, 1.54) is 6.21 Å². The largest absolute Gasteiger partial charge is 0.372 e. The Kier molecular flexibility index (Phi) is 5.91. The lowest BCUT2D eigenvalue weighted by molar-refractivity contribution is -0.136. The fourth-order valence-electron chi connectivity index (χ4n) is 2.68. The number of aliphatic hydroxyl groups is 1. The molecule has 0 aliphatic heterocycles. The van der Waals surface area contributed by atoms with Gasteiger partial charge in [-0.1, -0.05) is 83.9 Å². The second-order valence-corrected chi connectivity index (χ2v) is 6.72. The van der Waals surface area contributed by atoms with E-state index in [4.69, 9.17) is 23.2 Å². The molecule has 0 spiro atoms. The minimum Gasteiger partial charge on any atom is -0.372 e. The summed E-state index contributed by atoms with van der Waals surface area (Å²) in [5.41, 5.74) is 2.02. The van der Waals surface area contributed by atoms with Crippen molar-refractivity contribution >= 4 is 35.3 Å². The molecule has 4 nitrogen and oxygen atoms in total. The first-order valence-corrected chi connectivity index (χ1v) is 8.89. The van der Waals surface area contributed by atoms with Crippen LogP contribution in [0.1, 0.15) is 16.7 Å². The average molecular weight is 399 g/mol. The second-order valence-electron chi connectivity index (χ2n) is 5.84. The lowest BCUT2D eigenvalue weighted by Crippen LogP contribution is -2.43. The predicted octanol–water partition coefficient (Wildman–Crippen LogP) is 4.38. The van der Waals surface area contributed by atoms with E-state index in [1.807, 2.05) is 12.1 Å². The summed E-state index contributed by atoms with van der Waals surface area (Å²) in [7, 11) is 0. The van der Waals surface area contributed by atoms with Crippen molar-refractivity contribution < 1.29 is 9.90 Å². The van der Waals surface area contributed by atoms with Crippen LogP contribution in [0.5, 0.6) is 0 Å². The quantitative estimate of drug-likeness (QED) is 0.494. The van der Waals surface area contributed by atoms with Crippen molar-refractivity contribution in [2.24, 2.45) is 5.10 Å². The van der Waals surface area contributed by atoms with Crippen LogP contribution in [-0.2, 0) is 10.4 Å². The standard InChI is InChI=1S/C21H16Cl2N2O2/c22-18-11-15(12-19(23)13-18)14-24-25-20(26)21(27,16-7-3-1-4-8-16)17-9-5-2-6-10-17/h1-14,27H,(H,25,26)/b24-14+. The maximum atomic E-state index is 12.9. The SMILES string of the molecule is O=C(N/N=C/c1cc(Cl)cc(Cl)c1)C(O)(c1ccccc1)c1ccccc1. The fourth-order valence-corrected chi connectivity index (χ4v) is 3.23. The number of benzene rings is 3. The summed E-state index contributed by atoms with van der Waals surface area (Å²) in [6.45, 7) is 0. The lowest BCUT2D eigenvalue weighted by Gasteiger charge is -2.27. The van der Waals surface area contributed by atoms with Crippen molar-refractivity contribution in [3.8, 4) is 0 Å². The van der Waals surface area contributed by atoms with E-state index in [0.717, 1.165) is 0 Å². The van der Waals surface area contributed by atoms with E-state index < -0.39 is 11.5 Å². The number of halogens is 2. The molecule has 27 heavy (non-hydrogen) atoms. The van der Waals surface area contributed by atoms with Crippen LogP contribution in [0.25, 0.3) is 0 Å². The van der Waals surface area contributed by atoms with Crippen LogP contribution in [0.15, 0.2) is 84.0 Å². The first kappa shape index (κ1) is 19.1. The molecule has 3 aromatic carbocycles. The van der Waals surface area contributed by atoms with Crippen molar-refractivity contribution in [3.63, 3.8) is 0 Å². The molecule has 0 saturated heterocycles. The van der Waals surface area contributed by atoms with Gasteiger partial charge in [0.05, 0.1) is 6.21 Å². The van der Waals surface area contributed by atoms with Crippen molar-refractivity contribution in [2.75, 3.05) is 0 Å². The molecule has 3 rings (SSSR count). The van der Waals surface area contributed by atoms with Crippen LogP contribution in [0.2, 0.25) is 10.0 Å². The lowest BCUT2D eigenvalue weighted by atomic mass is 9.85. The molecule has 0 aromatic heterocycles. The normalized spacial score (nSPS) is 11.5. The van der Waals surface area contributed by atoms with E-state index >= 15 is 0 Å². The molecule has 0 aliphatic carbocycles. The highest BCUT2D eigenvalue weighted by molar-refractivity contribution is 6.35. The van der Waals surface area contributed by atoms with Crippen molar-refractivity contribution in [1.29, 1.82) is 0 Å². The van der Waals surface area contributed by atoms with E-state index in [1.54, 1.807) is 66.7 Å². The van der Waals surface area contributed by atoms with Gasteiger partial charge in [0, 0.05) is 10.0 Å². The highest BCUT2D eigenvalue weighted by Gasteiger charge is 2.39. The Hall–Kier alpha value is -2.66. The summed E-state index contributed by atoms with van der Waals surface area (Å²) in [5, 5.41) is 16.1. The molecule has 0 unspecified atom stereocenters. The number of hydrazone groups is 1. The summed E-state index contributed by atoms with van der Waals surface area (Å²) in [6, 6.07) is 22.3. The maximum absolute atomic E-state index is 12.9. The Morgan fingerprint density at radius 1 is 0.889 bits per heavy atom. The van der Waals surface area contributed by atoms with E-state index in [0.29, 0.717) is 26.7 Å². The Bertz CT molecular complexity index is 901. The molecule has 0 heterocycles. The molecule has 0 aliphatic rings. The van der Waals surface area contributed by atoms with Gasteiger partial charge in [0.2, 0.25) is 0 Å². The van der Waals surface area contributed by atoms with Crippen LogP contribution in [0, 0.1) is 0 Å². The molecule has 0 radical (unpaired) electrons. The van der Waals surface area contributed by atoms with Crippen LogP contribution < -0.4 is 5.43 Å². The van der Waals surface area contributed by atoms with Crippen LogP contribution >= 0.6 is 23.2 Å². The van der Waals surface area contributed by atoms with Gasteiger partial charge in [-0.15, -0.1) is 0 Å². The van der Waals surface area contributed by atoms with Gasteiger partial charge in [-0.2, -0.15) is 5.10 Å². The number of nitrogens with one attached hydrogen (secondary N) is 1.